The van der Waals surface area contributed by atoms with Crippen molar-refractivity contribution < 1.29 is 24.5 Å². The molecule has 0 fully saturated rings. The highest BCUT2D eigenvalue weighted by Crippen LogP contribution is 2.20. The van der Waals surface area contributed by atoms with E-state index in [4.69, 9.17) is 4.74 Å². The van der Waals surface area contributed by atoms with Gasteiger partial charge in [-0.15, -0.1) is 0 Å². The molecule has 0 heterocycles. The molecule has 0 bridgehead atoms. The highest BCUT2D eigenvalue weighted by molar-refractivity contribution is 5.76. The van der Waals surface area contributed by atoms with Gasteiger partial charge in [0.25, 0.3) is 0 Å². The molecule has 2 unspecified atom stereocenters. The summed E-state index contributed by atoms with van der Waals surface area (Å²) in [7, 11) is 0. The van der Waals surface area contributed by atoms with E-state index >= 15 is 0 Å². The Balaban J connectivity index is 3.32. The molecule has 1 amide bonds. The van der Waals surface area contributed by atoms with Crippen LogP contribution in [0.2, 0.25) is 0 Å². The molecule has 0 radical (unpaired) electrons. The number of ether oxygens (including phenoxy) is 1. The van der Waals surface area contributed by atoms with Crippen molar-refractivity contribution >= 4 is 11.9 Å². The largest absolute Gasteiger partial charge is 0.466 e. The minimum absolute atomic E-state index is 0.0215. The molecular formula is C71H141NO5. The fourth-order valence-electron chi connectivity index (χ4n) is 11.7. The quantitative estimate of drug-likeness (QED) is 0.0417. The number of carbonyl (C=O) groups excluding carboxylic acids is 2. The minimum atomic E-state index is -0.660. The SMILES string of the molecule is CCCCCCCCCCCCCCCCCCCCC(O)C(CO)NC(=O)CCCCCCCCCCCCCCCCCCCCCCCCCCCCCCCCCOC(=O)CCCCCCCCCCCCC. The van der Waals surface area contributed by atoms with Gasteiger partial charge < -0.3 is 20.3 Å². The van der Waals surface area contributed by atoms with Crippen molar-refractivity contribution in [2.75, 3.05) is 13.2 Å². The zero-order valence-corrected chi connectivity index (χ0v) is 52.7. The first-order valence-corrected chi connectivity index (χ1v) is 35.8. The lowest BCUT2D eigenvalue weighted by molar-refractivity contribution is -0.143. The molecule has 0 spiro atoms. The first-order valence-electron chi connectivity index (χ1n) is 35.8. The number of nitrogens with one attached hydrogen (secondary N) is 1. The van der Waals surface area contributed by atoms with Gasteiger partial charge in [0.1, 0.15) is 0 Å². The Labute approximate surface area is 483 Å². The van der Waals surface area contributed by atoms with Gasteiger partial charge in [0, 0.05) is 12.8 Å². The van der Waals surface area contributed by atoms with Crippen molar-refractivity contribution in [3.8, 4) is 0 Å². The van der Waals surface area contributed by atoms with Crippen molar-refractivity contribution in [3.63, 3.8) is 0 Å². The molecule has 0 aliphatic heterocycles. The summed E-state index contributed by atoms with van der Waals surface area (Å²) in [6.07, 6.45) is 81.6. The van der Waals surface area contributed by atoms with Crippen LogP contribution in [0.15, 0.2) is 0 Å². The highest BCUT2D eigenvalue weighted by Gasteiger charge is 2.20. The summed E-state index contributed by atoms with van der Waals surface area (Å²) < 4.78 is 5.48. The van der Waals surface area contributed by atoms with E-state index in [-0.39, 0.29) is 18.5 Å². The van der Waals surface area contributed by atoms with Gasteiger partial charge in [-0.3, -0.25) is 9.59 Å². The van der Waals surface area contributed by atoms with Crippen molar-refractivity contribution in [1.82, 2.24) is 5.32 Å². The summed E-state index contributed by atoms with van der Waals surface area (Å²) in [6, 6.07) is -0.537. The van der Waals surface area contributed by atoms with Crippen LogP contribution in [0.4, 0.5) is 0 Å². The molecule has 0 aromatic rings. The molecule has 6 nitrogen and oxygen atoms in total. The van der Waals surface area contributed by atoms with Crippen LogP contribution >= 0.6 is 0 Å². The predicted molar refractivity (Wildman–Crippen MR) is 338 cm³/mol. The normalized spacial score (nSPS) is 12.4. The molecular weight excluding hydrogens is 947 g/mol. The smallest absolute Gasteiger partial charge is 0.305 e. The number of aliphatic hydroxyl groups is 2. The van der Waals surface area contributed by atoms with Crippen LogP contribution < -0.4 is 5.32 Å². The van der Waals surface area contributed by atoms with Crippen LogP contribution in [0.25, 0.3) is 0 Å². The summed E-state index contributed by atoms with van der Waals surface area (Å²) >= 11 is 0. The summed E-state index contributed by atoms with van der Waals surface area (Å²) in [6.45, 7) is 5.00. The molecule has 0 aliphatic carbocycles. The molecule has 460 valence electrons. The van der Waals surface area contributed by atoms with Gasteiger partial charge in [0.05, 0.1) is 25.4 Å². The second-order valence-electron chi connectivity index (χ2n) is 24.9. The Bertz CT molecular complexity index is 1120. The van der Waals surface area contributed by atoms with Crippen molar-refractivity contribution in [1.29, 1.82) is 0 Å². The lowest BCUT2D eigenvalue weighted by atomic mass is 10.0. The third-order valence-electron chi connectivity index (χ3n) is 17.2. The first kappa shape index (κ1) is 75.9. The zero-order chi connectivity index (χ0) is 55.7. The Hall–Kier alpha value is -1.14. The van der Waals surface area contributed by atoms with Crippen LogP contribution in [0.3, 0.4) is 0 Å². The summed E-state index contributed by atoms with van der Waals surface area (Å²) in [4.78, 5) is 24.5. The average Bonchev–Trinajstić information content (AvgIpc) is 3.43. The van der Waals surface area contributed by atoms with Gasteiger partial charge >= 0.3 is 5.97 Å². The fourth-order valence-corrected chi connectivity index (χ4v) is 11.7. The number of rotatable bonds is 68. The molecule has 0 saturated heterocycles. The van der Waals surface area contributed by atoms with Crippen LogP contribution in [0.1, 0.15) is 418 Å². The van der Waals surface area contributed by atoms with Gasteiger partial charge in [0.15, 0.2) is 0 Å². The molecule has 6 heteroatoms. The lowest BCUT2D eigenvalue weighted by Gasteiger charge is -2.22. The maximum absolute atomic E-state index is 12.5. The summed E-state index contributed by atoms with van der Waals surface area (Å²) in [5.74, 6) is -0.00442. The molecule has 77 heavy (non-hydrogen) atoms. The van der Waals surface area contributed by atoms with Crippen LogP contribution in [-0.2, 0) is 14.3 Å². The van der Waals surface area contributed by atoms with Crippen molar-refractivity contribution in [2.24, 2.45) is 0 Å². The van der Waals surface area contributed by atoms with Crippen LogP contribution in [0, 0.1) is 0 Å². The molecule has 2 atom stereocenters. The molecule has 0 aromatic carbocycles. The van der Waals surface area contributed by atoms with E-state index in [1.807, 2.05) is 0 Å². The van der Waals surface area contributed by atoms with Gasteiger partial charge in [0.2, 0.25) is 5.91 Å². The number of esters is 1. The first-order chi connectivity index (χ1) is 38.0. The predicted octanol–water partition coefficient (Wildman–Crippen LogP) is 23.0. The third kappa shape index (κ3) is 63.9. The Morgan fingerprint density at radius 2 is 0.532 bits per heavy atom. The molecule has 0 rings (SSSR count). The third-order valence-corrected chi connectivity index (χ3v) is 17.2. The molecule has 0 saturated carbocycles. The van der Waals surface area contributed by atoms with Gasteiger partial charge in [-0.1, -0.05) is 380 Å². The number of amides is 1. The Morgan fingerprint density at radius 1 is 0.312 bits per heavy atom. The summed E-state index contributed by atoms with van der Waals surface area (Å²) in [5.41, 5.74) is 0. The van der Waals surface area contributed by atoms with Crippen LogP contribution in [-0.4, -0.2) is 47.4 Å². The molecule has 3 N–H and O–H groups in total. The standard InChI is InChI=1S/C71H141NO5/c1-3-5-7-9-11-13-15-16-17-18-34-37-40-44-47-51-55-59-63-69(74)68(67-73)72-70(75)64-60-56-52-48-45-41-38-35-32-30-28-26-24-22-20-19-21-23-25-27-29-31-33-36-39-42-46-50-54-58-62-66-77-71(76)65-61-57-53-49-43-14-12-10-8-6-4-2/h68-69,73-74H,3-67H2,1-2H3,(H,72,75). The van der Waals surface area contributed by atoms with E-state index in [0.717, 1.165) is 38.5 Å². The monoisotopic (exact) mass is 1090 g/mol. The van der Waals surface area contributed by atoms with E-state index in [0.29, 0.717) is 25.9 Å². The van der Waals surface area contributed by atoms with Crippen LogP contribution in [0.5, 0.6) is 0 Å². The minimum Gasteiger partial charge on any atom is -0.466 e. The average molecular weight is 1090 g/mol. The summed E-state index contributed by atoms with van der Waals surface area (Å²) in [5, 5.41) is 23.4. The molecule has 0 aromatic heterocycles. The van der Waals surface area contributed by atoms with Gasteiger partial charge in [-0.2, -0.15) is 0 Å². The zero-order valence-electron chi connectivity index (χ0n) is 52.7. The van der Waals surface area contributed by atoms with E-state index in [2.05, 4.69) is 19.2 Å². The lowest BCUT2D eigenvalue weighted by Crippen LogP contribution is -2.45. The van der Waals surface area contributed by atoms with Crippen molar-refractivity contribution in [3.05, 3.63) is 0 Å². The number of unbranched alkanes of at least 4 members (excludes halogenated alkanes) is 57. The van der Waals surface area contributed by atoms with E-state index < -0.39 is 12.1 Å². The number of hydrogen-bond acceptors (Lipinski definition) is 5. The van der Waals surface area contributed by atoms with E-state index in [9.17, 15) is 19.8 Å². The van der Waals surface area contributed by atoms with Crippen molar-refractivity contribution in [2.45, 2.75) is 431 Å². The molecule has 0 aliphatic rings. The topological polar surface area (TPSA) is 95.9 Å². The van der Waals surface area contributed by atoms with E-state index in [1.165, 1.54) is 347 Å². The number of carbonyl (C=O) groups is 2. The second kappa shape index (κ2) is 67.4. The fraction of sp³-hybridized carbons (Fsp3) is 0.972. The maximum atomic E-state index is 12.5. The van der Waals surface area contributed by atoms with Gasteiger partial charge in [-0.05, 0) is 25.7 Å². The van der Waals surface area contributed by atoms with Gasteiger partial charge in [-0.25, -0.2) is 0 Å². The Morgan fingerprint density at radius 3 is 0.792 bits per heavy atom. The number of hydrogen-bond donors (Lipinski definition) is 3. The maximum Gasteiger partial charge on any atom is 0.305 e. The number of aliphatic hydroxyl groups excluding tert-OH is 2. The second-order valence-corrected chi connectivity index (χ2v) is 24.9. The Kier molecular flexibility index (Phi) is 66.4. The van der Waals surface area contributed by atoms with E-state index in [1.54, 1.807) is 0 Å². The highest BCUT2D eigenvalue weighted by atomic mass is 16.5.